The topological polar surface area (TPSA) is 104 Å². The Bertz CT molecular complexity index is 886. The number of aromatic nitrogens is 1. The molecule has 3 rings (SSSR count). The zero-order valence-corrected chi connectivity index (χ0v) is 14.1. The quantitative estimate of drug-likeness (QED) is 0.361. The van der Waals surface area contributed by atoms with Crippen LogP contribution in [0.4, 0.5) is 5.69 Å². The summed E-state index contributed by atoms with van der Waals surface area (Å²) in [5, 5.41) is 6.18. The number of nitrogens with one attached hydrogen (secondary N) is 2. The number of benzene rings is 1. The Morgan fingerprint density at radius 1 is 1.23 bits per heavy atom. The first kappa shape index (κ1) is 17.4. The Morgan fingerprint density at radius 2 is 2.00 bits per heavy atom. The van der Waals surface area contributed by atoms with Gasteiger partial charge in [-0.3, -0.25) is 24.3 Å². The van der Waals surface area contributed by atoms with Crippen LogP contribution < -0.4 is 15.6 Å². The molecule has 0 unspecified atom stereocenters. The van der Waals surface area contributed by atoms with Gasteiger partial charge in [0, 0.05) is 18.6 Å². The molecule has 1 fully saturated rings. The van der Waals surface area contributed by atoms with Crippen molar-refractivity contribution < 1.29 is 14.4 Å². The summed E-state index contributed by atoms with van der Waals surface area (Å²) in [5.74, 6) is -2.87. The van der Waals surface area contributed by atoms with Gasteiger partial charge in [0.25, 0.3) is 11.8 Å². The number of anilines is 1. The molecule has 0 bridgehead atoms. The van der Waals surface area contributed by atoms with Crippen molar-refractivity contribution in [2.45, 2.75) is 0 Å². The number of para-hydroxylation sites is 1. The third-order valence-electron chi connectivity index (χ3n) is 3.53. The Hall–Kier alpha value is -3.46. The first-order valence-electron chi connectivity index (χ1n) is 7.55. The van der Waals surface area contributed by atoms with E-state index in [1.54, 1.807) is 42.5 Å². The lowest BCUT2D eigenvalue weighted by atomic mass is 10.1. The largest absolute Gasteiger partial charge is 0.301 e. The standard InChI is InChI=1S/C17H13N5O3S/c23-14(11-5-4-8-18-9-11)21-19-10-13-15(24)20-17(26)22(16(13)25)12-6-2-1-3-7-12/h1-10,13H,(H,21,23)(H,20,24,26)/b19-10-/t13-/m0/s1. The molecule has 2 N–H and O–H groups in total. The van der Waals surface area contributed by atoms with Crippen molar-refractivity contribution in [2.24, 2.45) is 11.0 Å². The summed E-state index contributed by atoms with van der Waals surface area (Å²) in [5.41, 5.74) is 3.09. The number of hydrogen-bond acceptors (Lipinski definition) is 6. The van der Waals surface area contributed by atoms with Crippen LogP contribution in [0.1, 0.15) is 10.4 Å². The number of nitrogens with zero attached hydrogens (tertiary/aromatic N) is 3. The van der Waals surface area contributed by atoms with Crippen molar-refractivity contribution in [2.75, 3.05) is 4.90 Å². The second-order valence-corrected chi connectivity index (χ2v) is 5.63. The number of rotatable bonds is 4. The highest BCUT2D eigenvalue weighted by Crippen LogP contribution is 2.19. The van der Waals surface area contributed by atoms with Gasteiger partial charge in [-0.15, -0.1) is 0 Å². The van der Waals surface area contributed by atoms with Crippen LogP contribution in [0, 0.1) is 5.92 Å². The van der Waals surface area contributed by atoms with Crippen molar-refractivity contribution >= 4 is 47.0 Å². The molecular formula is C17H13N5O3S. The highest BCUT2D eigenvalue weighted by atomic mass is 32.1. The van der Waals surface area contributed by atoms with Gasteiger partial charge >= 0.3 is 0 Å². The maximum absolute atomic E-state index is 12.7. The summed E-state index contributed by atoms with van der Waals surface area (Å²) in [7, 11) is 0. The van der Waals surface area contributed by atoms with Gasteiger partial charge in [0.1, 0.15) is 0 Å². The third kappa shape index (κ3) is 3.62. The summed E-state index contributed by atoms with van der Waals surface area (Å²) in [6.45, 7) is 0. The number of amides is 3. The Balaban J connectivity index is 1.74. The van der Waals surface area contributed by atoms with Crippen LogP contribution in [-0.2, 0) is 9.59 Å². The average Bonchev–Trinajstić information content (AvgIpc) is 2.65. The van der Waals surface area contributed by atoms with E-state index in [1.807, 2.05) is 0 Å². The van der Waals surface area contributed by atoms with Crippen molar-refractivity contribution in [3.8, 4) is 0 Å². The van der Waals surface area contributed by atoms with Gasteiger partial charge in [-0.25, -0.2) is 5.43 Å². The lowest BCUT2D eigenvalue weighted by molar-refractivity contribution is -0.130. The van der Waals surface area contributed by atoms with E-state index in [2.05, 4.69) is 20.8 Å². The summed E-state index contributed by atoms with van der Waals surface area (Å²) < 4.78 is 0. The fourth-order valence-corrected chi connectivity index (χ4v) is 2.57. The first-order valence-corrected chi connectivity index (χ1v) is 7.96. The molecule has 3 amide bonds. The van der Waals surface area contributed by atoms with E-state index in [-0.39, 0.29) is 5.11 Å². The number of hydrogen-bond donors (Lipinski definition) is 2. The van der Waals surface area contributed by atoms with Gasteiger partial charge in [-0.2, -0.15) is 5.10 Å². The van der Waals surface area contributed by atoms with Crippen molar-refractivity contribution in [3.63, 3.8) is 0 Å². The lowest BCUT2D eigenvalue weighted by Gasteiger charge is -2.30. The molecule has 2 heterocycles. The number of carbonyl (C=O) groups is 3. The van der Waals surface area contributed by atoms with E-state index >= 15 is 0 Å². The minimum absolute atomic E-state index is 0.00440. The minimum Gasteiger partial charge on any atom is -0.301 e. The van der Waals surface area contributed by atoms with E-state index in [4.69, 9.17) is 12.2 Å². The molecule has 1 aromatic heterocycles. The molecule has 0 spiro atoms. The second-order valence-electron chi connectivity index (χ2n) is 5.24. The smallest absolute Gasteiger partial charge is 0.272 e. The van der Waals surface area contributed by atoms with Crippen LogP contribution in [0.15, 0.2) is 60.0 Å². The molecule has 8 nitrogen and oxygen atoms in total. The van der Waals surface area contributed by atoms with E-state index < -0.39 is 23.6 Å². The molecule has 0 saturated carbocycles. The molecule has 2 aromatic rings. The van der Waals surface area contributed by atoms with Gasteiger partial charge < -0.3 is 5.32 Å². The van der Waals surface area contributed by atoms with Gasteiger partial charge in [0.15, 0.2) is 11.0 Å². The molecule has 26 heavy (non-hydrogen) atoms. The van der Waals surface area contributed by atoms with Crippen LogP contribution in [0.25, 0.3) is 0 Å². The normalized spacial score (nSPS) is 17.3. The number of thiocarbonyl (C=S) groups is 1. The maximum Gasteiger partial charge on any atom is 0.272 e. The molecule has 9 heteroatoms. The van der Waals surface area contributed by atoms with Gasteiger partial charge in [-0.05, 0) is 36.5 Å². The molecule has 0 aliphatic carbocycles. The lowest BCUT2D eigenvalue weighted by Crippen LogP contribution is -2.58. The molecule has 1 aliphatic rings. The molecule has 1 aliphatic heterocycles. The summed E-state index contributed by atoms with van der Waals surface area (Å²) in [6.07, 6.45) is 3.98. The zero-order valence-electron chi connectivity index (χ0n) is 13.3. The maximum atomic E-state index is 12.7. The Morgan fingerprint density at radius 3 is 2.69 bits per heavy atom. The van der Waals surface area contributed by atoms with Crippen LogP contribution in [0.2, 0.25) is 0 Å². The van der Waals surface area contributed by atoms with E-state index in [1.165, 1.54) is 17.3 Å². The highest BCUT2D eigenvalue weighted by Gasteiger charge is 2.38. The van der Waals surface area contributed by atoms with Crippen molar-refractivity contribution in [3.05, 3.63) is 60.4 Å². The van der Waals surface area contributed by atoms with E-state index in [0.717, 1.165) is 6.21 Å². The van der Waals surface area contributed by atoms with Gasteiger partial charge in [0.05, 0.1) is 11.3 Å². The highest BCUT2D eigenvalue weighted by molar-refractivity contribution is 7.80. The predicted octanol–water partition coefficient (Wildman–Crippen LogP) is 0.861. The van der Waals surface area contributed by atoms with E-state index in [0.29, 0.717) is 11.3 Å². The summed E-state index contributed by atoms with van der Waals surface area (Å²) in [4.78, 5) is 41.7. The number of pyridine rings is 1. The fraction of sp³-hybridized carbons (Fsp3) is 0.0588. The van der Waals surface area contributed by atoms with Crippen LogP contribution in [-0.4, -0.2) is 34.0 Å². The second kappa shape index (κ2) is 7.62. The summed E-state index contributed by atoms with van der Waals surface area (Å²) in [6, 6.07) is 11.9. The average molecular weight is 367 g/mol. The van der Waals surface area contributed by atoms with Crippen LogP contribution in [0.5, 0.6) is 0 Å². The predicted molar refractivity (Wildman–Crippen MR) is 98.4 cm³/mol. The number of hydrazone groups is 1. The molecule has 130 valence electrons. The van der Waals surface area contributed by atoms with Crippen molar-refractivity contribution in [1.82, 2.24) is 15.7 Å². The van der Waals surface area contributed by atoms with Gasteiger partial charge in [0.2, 0.25) is 5.91 Å². The van der Waals surface area contributed by atoms with Crippen LogP contribution in [0.3, 0.4) is 0 Å². The Labute approximate surface area is 153 Å². The first-order chi connectivity index (χ1) is 12.6. The molecule has 0 radical (unpaired) electrons. The monoisotopic (exact) mass is 367 g/mol. The van der Waals surface area contributed by atoms with Crippen LogP contribution >= 0.6 is 12.2 Å². The molecule has 1 saturated heterocycles. The Kier molecular flexibility index (Phi) is 5.09. The summed E-state index contributed by atoms with van der Waals surface area (Å²) >= 11 is 5.09. The van der Waals surface area contributed by atoms with Gasteiger partial charge in [-0.1, -0.05) is 18.2 Å². The van der Waals surface area contributed by atoms with Crippen molar-refractivity contribution in [1.29, 1.82) is 0 Å². The molecule has 1 aromatic carbocycles. The molecular weight excluding hydrogens is 354 g/mol. The fourth-order valence-electron chi connectivity index (χ4n) is 2.28. The minimum atomic E-state index is -1.21. The number of carbonyl (C=O) groups excluding carboxylic acids is 3. The zero-order chi connectivity index (χ0) is 18.5. The third-order valence-corrected chi connectivity index (χ3v) is 3.81. The van der Waals surface area contributed by atoms with E-state index in [9.17, 15) is 14.4 Å². The molecule has 1 atom stereocenters. The SMILES string of the molecule is O=C(N/N=C\[C@H]1C(=O)NC(=S)N(c2ccccc2)C1=O)c1cccnc1.